The van der Waals surface area contributed by atoms with Crippen molar-refractivity contribution in [2.75, 3.05) is 4.90 Å². The number of halogens is 2. The van der Waals surface area contributed by atoms with E-state index in [1.165, 1.54) is 28.8 Å². The third-order valence-corrected chi connectivity index (χ3v) is 8.10. The number of ketones is 1. The zero-order valence-electron chi connectivity index (χ0n) is 18.3. The third kappa shape index (κ3) is 4.81. The van der Waals surface area contributed by atoms with Crippen LogP contribution in [0.3, 0.4) is 0 Å². The highest BCUT2D eigenvalue weighted by Gasteiger charge is 2.48. The number of rotatable bonds is 6. The van der Waals surface area contributed by atoms with E-state index in [2.05, 4.69) is 31.1 Å². The van der Waals surface area contributed by atoms with Crippen molar-refractivity contribution in [2.45, 2.75) is 16.1 Å². The van der Waals surface area contributed by atoms with Crippen molar-refractivity contribution < 1.29 is 19.1 Å². The minimum absolute atomic E-state index is 0.0500. The van der Waals surface area contributed by atoms with Crippen molar-refractivity contribution in [1.29, 1.82) is 0 Å². The number of aromatic nitrogens is 3. The first-order valence-electron chi connectivity index (χ1n) is 10.6. The van der Waals surface area contributed by atoms with Gasteiger partial charge in [-0.2, -0.15) is 0 Å². The first kappa shape index (κ1) is 24.3. The van der Waals surface area contributed by atoms with Crippen molar-refractivity contribution in [3.8, 4) is 0 Å². The molecule has 4 aromatic rings. The molecule has 1 saturated heterocycles. The second-order valence-electron chi connectivity index (χ2n) is 7.73. The summed E-state index contributed by atoms with van der Waals surface area (Å²) >= 11 is 5.90. The van der Waals surface area contributed by atoms with Crippen LogP contribution in [0, 0.1) is 5.82 Å². The van der Waals surface area contributed by atoms with Crippen LogP contribution in [0.4, 0.5) is 9.52 Å². The number of benzene rings is 2. The maximum atomic E-state index is 13.2. The van der Waals surface area contributed by atoms with E-state index in [9.17, 15) is 19.1 Å². The highest BCUT2D eigenvalue weighted by atomic mass is 79.9. The van der Waals surface area contributed by atoms with Crippen molar-refractivity contribution in [3.05, 3.63) is 106 Å². The zero-order valence-corrected chi connectivity index (χ0v) is 21.6. The average molecular weight is 583 g/mol. The highest BCUT2D eigenvalue weighted by Crippen LogP contribution is 2.43. The Morgan fingerprint density at radius 2 is 1.83 bits per heavy atom. The summed E-state index contributed by atoms with van der Waals surface area (Å²) in [4.78, 5) is 31.8. The van der Waals surface area contributed by atoms with Gasteiger partial charge in [0.05, 0.1) is 11.6 Å². The summed E-state index contributed by atoms with van der Waals surface area (Å²) in [5.74, 6) is -1.69. The zero-order chi connectivity index (χ0) is 25.2. The molecule has 1 aliphatic heterocycles. The summed E-state index contributed by atoms with van der Waals surface area (Å²) in [7, 11) is 0. The molecule has 1 amide bonds. The summed E-state index contributed by atoms with van der Waals surface area (Å²) in [5.41, 5.74) is 1.80. The first-order valence-corrected chi connectivity index (χ1v) is 13.2. The van der Waals surface area contributed by atoms with Crippen LogP contribution in [0.1, 0.15) is 22.7 Å². The molecule has 2 aromatic carbocycles. The number of nitrogens with zero attached hydrogens (tertiary/aromatic N) is 4. The number of carbonyl (C=O) groups excluding carboxylic acids is 2. The minimum atomic E-state index is -0.926. The van der Waals surface area contributed by atoms with E-state index in [0.29, 0.717) is 21.2 Å². The van der Waals surface area contributed by atoms with Gasteiger partial charge in [0.2, 0.25) is 5.13 Å². The number of Topliss-reactive ketones (excluding diaryl/α,β-unsaturated/α-hetero) is 1. The Balaban J connectivity index is 1.51. The van der Waals surface area contributed by atoms with Crippen LogP contribution in [0.15, 0.2) is 87.4 Å². The molecule has 0 bridgehead atoms. The van der Waals surface area contributed by atoms with Crippen molar-refractivity contribution in [2.24, 2.45) is 0 Å². The van der Waals surface area contributed by atoms with Gasteiger partial charge >= 0.3 is 5.91 Å². The summed E-state index contributed by atoms with van der Waals surface area (Å²) in [6.45, 7) is 0. The Morgan fingerprint density at radius 1 is 1.08 bits per heavy atom. The van der Waals surface area contributed by atoms with E-state index in [1.807, 2.05) is 0 Å². The normalized spacial score (nSPS) is 17.1. The van der Waals surface area contributed by atoms with E-state index in [0.717, 1.165) is 21.4 Å². The molecule has 0 radical (unpaired) electrons. The molecule has 0 saturated carbocycles. The van der Waals surface area contributed by atoms with Gasteiger partial charge in [0.25, 0.3) is 5.78 Å². The van der Waals surface area contributed by atoms with Gasteiger partial charge in [-0.3, -0.25) is 19.5 Å². The Hall–Kier alpha value is -3.41. The monoisotopic (exact) mass is 582 g/mol. The third-order valence-electron chi connectivity index (χ3n) is 5.44. The van der Waals surface area contributed by atoms with E-state index in [-0.39, 0.29) is 22.3 Å². The van der Waals surface area contributed by atoms with Crippen molar-refractivity contribution in [3.63, 3.8) is 0 Å². The lowest BCUT2D eigenvalue weighted by Gasteiger charge is -2.22. The Labute approximate surface area is 221 Å². The Kier molecular flexibility index (Phi) is 6.95. The molecule has 1 N–H and O–H groups in total. The second-order valence-corrected chi connectivity index (χ2v) is 10.8. The molecule has 36 heavy (non-hydrogen) atoms. The summed E-state index contributed by atoms with van der Waals surface area (Å²) in [5, 5.41) is 19.7. The molecule has 0 spiro atoms. The van der Waals surface area contributed by atoms with E-state index >= 15 is 0 Å². The van der Waals surface area contributed by atoms with Crippen molar-refractivity contribution in [1.82, 2.24) is 15.2 Å². The lowest BCUT2D eigenvalue weighted by molar-refractivity contribution is -0.132. The predicted molar refractivity (Wildman–Crippen MR) is 139 cm³/mol. The van der Waals surface area contributed by atoms with Crippen LogP contribution in [-0.2, 0) is 15.3 Å². The number of amides is 1. The maximum absolute atomic E-state index is 13.2. The summed E-state index contributed by atoms with van der Waals surface area (Å²) in [6.07, 6.45) is 3.13. The molecule has 1 fully saturated rings. The number of carbonyl (C=O) groups is 2. The average Bonchev–Trinajstić information content (AvgIpc) is 3.46. The van der Waals surface area contributed by atoms with Crippen LogP contribution in [0.25, 0.3) is 5.76 Å². The van der Waals surface area contributed by atoms with Gasteiger partial charge in [0.15, 0.2) is 4.34 Å². The molecule has 3 heterocycles. The molecule has 1 aliphatic rings. The Bertz CT molecular complexity index is 1460. The minimum Gasteiger partial charge on any atom is -0.507 e. The smallest absolute Gasteiger partial charge is 0.301 e. The lowest BCUT2D eigenvalue weighted by atomic mass is 9.96. The number of aliphatic hydroxyl groups excluding tert-OH is 1. The largest absolute Gasteiger partial charge is 0.507 e. The van der Waals surface area contributed by atoms with E-state index < -0.39 is 17.7 Å². The molecule has 1 unspecified atom stereocenters. The van der Waals surface area contributed by atoms with Gasteiger partial charge in [-0.15, -0.1) is 10.2 Å². The molecule has 11 heteroatoms. The molecule has 2 aromatic heterocycles. The summed E-state index contributed by atoms with van der Waals surface area (Å²) < 4.78 is 14.6. The van der Waals surface area contributed by atoms with E-state index in [1.54, 1.807) is 60.9 Å². The molecule has 7 nitrogen and oxygen atoms in total. The molecule has 5 rings (SSSR count). The van der Waals surface area contributed by atoms with Crippen LogP contribution in [0.5, 0.6) is 0 Å². The molecular weight excluding hydrogens is 567 g/mol. The van der Waals surface area contributed by atoms with Gasteiger partial charge < -0.3 is 5.11 Å². The first-order chi connectivity index (χ1) is 17.4. The fourth-order valence-electron chi connectivity index (χ4n) is 3.73. The Morgan fingerprint density at radius 3 is 2.53 bits per heavy atom. The lowest BCUT2D eigenvalue weighted by Crippen LogP contribution is -2.29. The number of aliphatic hydroxyl groups is 1. The molecular formula is C25H16BrFN4O3S2. The van der Waals surface area contributed by atoms with Crippen LogP contribution >= 0.6 is 39.0 Å². The number of thioether (sulfide) groups is 1. The van der Waals surface area contributed by atoms with Gasteiger partial charge in [-0.1, -0.05) is 69.4 Å². The molecule has 180 valence electrons. The van der Waals surface area contributed by atoms with Crippen molar-refractivity contribution >= 4 is 61.6 Å². The fourth-order valence-corrected chi connectivity index (χ4v) is 5.82. The quantitative estimate of drug-likeness (QED) is 0.102. The topological polar surface area (TPSA) is 96.3 Å². The van der Waals surface area contributed by atoms with Crippen LogP contribution in [0.2, 0.25) is 0 Å². The molecule has 1 atom stereocenters. The van der Waals surface area contributed by atoms with Gasteiger partial charge in [0.1, 0.15) is 11.6 Å². The van der Waals surface area contributed by atoms with Gasteiger partial charge in [-0.25, -0.2) is 4.39 Å². The predicted octanol–water partition coefficient (Wildman–Crippen LogP) is 5.75. The maximum Gasteiger partial charge on any atom is 0.301 e. The second kappa shape index (κ2) is 10.3. The number of hydrogen-bond acceptors (Lipinski definition) is 8. The number of anilines is 1. The van der Waals surface area contributed by atoms with Gasteiger partial charge in [-0.05, 0) is 41.5 Å². The standard InChI is InChI=1S/C25H16BrFN4O3S2/c26-17-7-5-15(6-8-17)21(32)19-20(16-2-1-11-28-12-16)31(23(34)22(19)33)24-29-30-25(36-24)35-13-14-3-9-18(27)10-4-14/h1-12,20,32H,13H2/b21-19-. The van der Waals surface area contributed by atoms with Crippen LogP contribution < -0.4 is 4.90 Å². The summed E-state index contributed by atoms with van der Waals surface area (Å²) in [6, 6.07) is 15.4. The van der Waals surface area contributed by atoms with E-state index in [4.69, 9.17) is 0 Å². The fraction of sp³-hybridized carbons (Fsp3) is 0.0800. The number of hydrogen-bond donors (Lipinski definition) is 1. The van der Waals surface area contributed by atoms with Crippen LogP contribution in [-0.4, -0.2) is 32.0 Å². The van der Waals surface area contributed by atoms with Gasteiger partial charge in [0, 0.05) is 28.2 Å². The number of pyridine rings is 1. The highest BCUT2D eigenvalue weighted by molar-refractivity contribution is 9.10. The SMILES string of the molecule is O=C1C(=O)N(c2nnc(SCc3ccc(F)cc3)s2)C(c2cccnc2)/C1=C(/O)c1ccc(Br)cc1. The molecule has 0 aliphatic carbocycles.